The molecular formula is C10H17N4O2Tl. The van der Waals surface area contributed by atoms with Gasteiger partial charge in [-0.05, 0) is 0 Å². The van der Waals surface area contributed by atoms with Crippen LogP contribution >= 0.6 is 0 Å². The Morgan fingerprint density at radius 2 is 1.76 bits per heavy atom. The number of nitrogens with zero attached hydrogens (tertiary/aromatic N) is 3. The molecule has 0 aromatic heterocycles. The molecule has 17 heavy (non-hydrogen) atoms. The van der Waals surface area contributed by atoms with Crippen molar-refractivity contribution in [3.8, 4) is 0 Å². The predicted octanol–water partition coefficient (Wildman–Crippen LogP) is -1.37. The Hall–Kier alpha value is -0.378. The van der Waals surface area contributed by atoms with Crippen molar-refractivity contribution in [2.75, 3.05) is 39.8 Å². The van der Waals surface area contributed by atoms with Gasteiger partial charge in [0.05, 0.1) is 0 Å². The molecule has 2 rings (SSSR count). The van der Waals surface area contributed by atoms with Crippen LogP contribution in [-0.2, 0) is 4.79 Å². The zero-order valence-electron chi connectivity index (χ0n) is 10.1. The Kier molecular flexibility index (Phi) is 4.23. The Labute approximate surface area is 117 Å². The molecule has 2 saturated heterocycles. The number of hydrogen-bond donors (Lipinski definition) is 1. The van der Waals surface area contributed by atoms with E-state index in [2.05, 4.69) is 8.03 Å². The van der Waals surface area contributed by atoms with E-state index >= 15 is 0 Å². The second-order valence-corrected chi connectivity index (χ2v) is 7.01. The summed E-state index contributed by atoms with van der Waals surface area (Å²) >= 11 is 0.767. The summed E-state index contributed by atoms with van der Waals surface area (Å²) in [6, 6.07) is 0.114. The van der Waals surface area contributed by atoms with Crippen LogP contribution in [0.25, 0.3) is 0 Å². The monoisotopic (exact) mass is 430 g/mol. The van der Waals surface area contributed by atoms with Gasteiger partial charge in [0.1, 0.15) is 0 Å². The van der Waals surface area contributed by atoms with E-state index in [0.29, 0.717) is 13.1 Å². The maximum absolute atomic E-state index is 12.1. The first-order valence-electron chi connectivity index (χ1n) is 5.90. The molecule has 0 bridgehead atoms. The van der Waals surface area contributed by atoms with E-state index < -0.39 is 0 Å². The van der Waals surface area contributed by atoms with Crippen LogP contribution in [0.15, 0.2) is 0 Å². The zero-order valence-corrected chi connectivity index (χ0v) is 14.5. The Morgan fingerprint density at radius 1 is 1.18 bits per heavy atom. The molecule has 2 fully saturated rings. The zero-order chi connectivity index (χ0) is 12.4. The van der Waals surface area contributed by atoms with Crippen molar-refractivity contribution in [1.82, 2.24) is 17.8 Å². The van der Waals surface area contributed by atoms with E-state index in [1.165, 1.54) is 0 Å². The molecule has 0 spiro atoms. The first-order valence-corrected chi connectivity index (χ1v) is 7.91. The van der Waals surface area contributed by atoms with Crippen LogP contribution in [0.2, 0.25) is 0 Å². The Balaban J connectivity index is 1.87. The molecule has 6 nitrogen and oxygen atoms in total. The Bertz CT molecular complexity index is 325. The quantitative estimate of drug-likeness (QED) is 0.413. The van der Waals surface area contributed by atoms with Gasteiger partial charge in [-0.3, -0.25) is 0 Å². The number of carbonyl (C=O) groups excluding carboxylic acids is 2. The van der Waals surface area contributed by atoms with Crippen LogP contribution < -0.4 is 5.32 Å². The van der Waals surface area contributed by atoms with Gasteiger partial charge in [-0.1, -0.05) is 0 Å². The van der Waals surface area contributed by atoms with Crippen molar-refractivity contribution in [3.05, 3.63) is 0 Å². The molecule has 1 unspecified atom stereocenters. The molecule has 2 aliphatic rings. The minimum absolute atomic E-state index is 0.0447. The fourth-order valence-electron chi connectivity index (χ4n) is 2.08. The molecule has 1 N–H and O–H groups in total. The fraction of sp³-hybridized carbons (Fsp3) is 0.800. The molecular weight excluding hydrogens is 413 g/mol. The predicted molar refractivity (Wildman–Crippen MR) is 63.5 cm³/mol. The number of hydrogen-bond acceptors (Lipinski definition) is 3. The second kappa shape index (κ2) is 5.51. The summed E-state index contributed by atoms with van der Waals surface area (Å²) < 4.78 is 2.20. The van der Waals surface area contributed by atoms with Gasteiger partial charge in [-0.25, -0.2) is 0 Å². The van der Waals surface area contributed by atoms with Gasteiger partial charge >= 0.3 is 118 Å². The van der Waals surface area contributed by atoms with Gasteiger partial charge in [0.25, 0.3) is 0 Å². The van der Waals surface area contributed by atoms with Gasteiger partial charge in [0.2, 0.25) is 0 Å². The van der Waals surface area contributed by atoms with Crippen LogP contribution in [0.1, 0.15) is 6.42 Å². The molecule has 3 amide bonds. The van der Waals surface area contributed by atoms with Crippen molar-refractivity contribution in [2.45, 2.75) is 12.5 Å². The third kappa shape index (κ3) is 3.09. The molecule has 2 atom stereocenters. The first kappa shape index (κ1) is 13.1. The molecule has 0 aromatic carbocycles. The number of amides is 3. The SMILES string of the molecule is CNC(=O)N1CCCN(C(=O)[C@H]2C[N]2[Tl])CC1. The summed E-state index contributed by atoms with van der Waals surface area (Å²) in [4.78, 5) is 27.3. The van der Waals surface area contributed by atoms with E-state index in [1.54, 1.807) is 11.9 Å². The van der Waals surface area contributed by atoms with Crippen LogP contribution in [0.3, 0.4) is 0 Å². The van der Waals surface area contributed by atoms with Gasteiger partial charge in [0, 0.05) is 0 Å². The van der Waals surface area contributed by atoms with Gasteiger partial charge < -0.3 is 0 Å². The van der Waals surface area contributed by atoms with Crippen LogP contribution in [-0.4, -0.2) is 96.3 Å². The van der Waals surface area contributed by atoms with Gasteiger partial charge in [0.15, 0.2) is 0 Å². The maximum atomic E-state index is 12.1. The summed E-state index contributed by atoms with van der Waals surface area (Å²) in [5.74, 6) is 0.256. The average molecular weight is 430 g/mol. The number of carbonyl (C=O) groups is 2. The summed E-state index contributed by atoms with van der Waals surface area (Å²) in [5.41, 5.74) is 0. The molecule has 2 heterocycles. The van der Waals surface area contributed by atoms with Crippen molar-refractivity contribution in [1.29, 1.82) is 0 Å². The van der Waals surface area contributed by atoms with Gasteiger partial charge in [-0.15, -0.1) is 0 Å². The molecule has 0 radical (unpaired) electrons. The molecule has 92 valence electrons. The molecule has 0 aromatic rings. The summed E-state index contributed by atoms with van der Waals surface area (Å²) in [6.45, 7) is 3.77. The van der Waals surface area contributed by atoms with Crippen molar-refractivity contribution >= 4 is 38.0 Å². The molecule has 0 saturated carbocycles. The van der Waals surface area contributed by atoms with Crippen LogP contribution in [0, 0.1) is 0 Å². The third-order valence-electron chi connectivity index (χ3n) is 3.24. The Morgan fingerprint density at radius 3 is 2.35 bits per heavy atom. The van der Waals surface area contributed by atoms with Crippen LogP contribution in [0.4, 0.5) is 4.79 Å². The fourth-order valence-corrected chi connectivity index (χ4v) is 3.35. The summed E-state index contributed by atoms with van der Waals surface area (Å²) in [5, 5.41) is 2.63. The van der Waals surface area contributed by atoms with Gasteiger partial charge in [-0.2, -0.15) is 0 Å². The molecule has 2 aliphatic heterocycles. The van der Waals surface area contributed by atoms with E-state index in [-0.39, 0.29) is 18.0 Å². The van der Waals surface area contributed by atoms with Crippen molar-refractivity contribution < 1.29 is 9.59 Å². The normalized spacial score (nSPS) is 28.5. The van der Waals surface area contributed by atoms with E-state index in [4.69, 9.17) is 0 Å². The molecule has 7 heteroatoms. The van der Waals surface area contributed by atoms with Crippen molar-refractivity contribution in [2.24, 2.45) is 0 Å². The van der Waals surface area contributed by atoms with E-state index in [0.717, 1.165) is 52.1 Å². The number of rotatable bonds is 1. The standard InChI is InChI=1S/C10H17N4O2.Tl/c1-11-10(16)14-4-2-3-13(5-6-14)9(15)8-7-12-8;/h8H,2-7H2,1H3,(H,11,16);/q-1;+1/t8-;/m1./s1. The third-order valence-corrected chi connectivity index (χ3v) is 5.46. The van der Waals surface area contributed by atoms with E-state index in [9.17, 15) is 9.59 Å². The number of urea groups is 1. The summed E-state index contributed by atoms with van der Waals surface area (Å²) in [7, 11) is 1.64. The first-order chi connectivity index (χ1) is 8.13. The topological polar surface area (TPSA) is 55.7 Å². The average Bonchev–Trinajstić information content (AvgIpc) is 3.09. The number of nitrogens with one attached hydrogen (secondary N) is 1. The van der Waals surface area contributed by atoms with Crippen LogP contribution in [0.5, 0.6) is 0 Å². The molecule has 0 aliphatic carbocycles. The van der Waals surface area contributed by atoms with E-state index in [1.807, 2.05) is 4.90 Å². The second-order valence-electron chi connectivity index (χ2n) is 4.43. The minimum atomic E-state index is -0.0447. The summed E-state index contributed by atoms with van der Waals surface area (Å²) in [6.07, 6.45) is 0.870. The van der Waals surface area contributed by atoms with Crippen molar-refractivity contribution in [3.63, 3.8) is 0 Å².